The first-order valence-electron chi connectivity index (χ1n) is 10.4. The lowest BCUT2D eigenvalue weighted by atomic mass is 10.0. The fraction of sp³-hybridized carbons (Fsp3) is 0.435. The number of aryl methyl sites for hydroxylation is 2. The molecule has 160 valence electrons. The Morgan fingerprint density at radius 1 is 1.23 bits per heavy atom. The molecule has 1 aliphatic heterocycles. The van der Waals surface area contributed by atoms with E-state index in [0.29, 0.717) is 6.04 Å². The van der Waals surface area contributed by atoms with Gasteiger partial charge in [-0.25, -0.2) is 4.98 Å². The molecule has 2 aromatic carbocycles. The number of halogens is 1. The molecule has 0 bridgehead atoms. The molecule has 7 heteroatoms. The number of aromatic nitrogens is 2. The Balaban J connectivity index is 1.76. The summed E-state index contributed by atoms with van der Waals surface area (Å²) in [5, 5.41) is 3.51. The third-order valence-electron chi connectivity index (χ3n) is 5.89. The normalized spacial score (nSPS) is 16.8. The Morgan fingerprint density at radius 3 is 2.83 bits per heavy atom. The van der Waals surface area contributed by atoms with Crippen molar-refractivity contribution in [3.63, 3.8) is 0 Å². The molecule has 1 aromatic heterocycles. The number of para-hydroxylation sites is 1. The molecule has 1 fully saturated rings. The molecule has 0 aliphatic carbocycles. The van der Waals surface area contributed by atoms with E-state index in [1.807, 2.05) is 6.07 Å². The zero-order valence-electron chi connectivity index (χ0n) is 18.0. The van der Waals surface area contributed by atoms with Gasteiger partial charge in [0.1, 0.15) is 5.75 Å². The summed E-state index contributed by atoms with van der Waals surface area (Å²) in [5.41, 5.74) is 5.35. The summed E-state index contributed by atoms with van der Waals surface area (Å²) in [4.78, 5) is 7.39. The molecule has 0 radical (unpaired) electrons. The van der Waals surface area contributed by atoms with Crippen LogP contribution in [0.1, 0.15) is 24.8 Å². The molecule has 3 aromatic rings. The number of piperidine rings is 1. The summed E-state index contributed by atoms with van der Waals surface area (Å²) in [6, 6.07) is 10.8. The monoisotopic (exact) mass is 472 g/mol. The summed E-state index contributed by atoms with van der Waals surface area (Å²) in [6.45, 7) is 3.85. The van der Waals surface area contributed by atoms with Gasteiger partial charge in [-0.15, -0.1) is 0 Å². The largest absolute Gasteiger partial charge is 0.495 e. The molecule has 2 heterocycles. The zero-order valence-corrected chi connectivity index (χ0v) is 19.6. The van der Waals surface area contributed by atoms with Crippen molar-refractivity contribution >= 4 is 44.3 Å². The van der Waals surface area contributed by atoms with Crippen molar-refractivity contribution in [3.8, 4) is 5.75 Å². The molecule has 1 aliphatic rings. The van der Waals surface area contributed by atoms with E-state index in [1.165, 1.54) is 18.5 Å². The van der Waals surface area contributed by atoms with Crippen LogP contribution in [0.3, 0.4) is 0 Å². The van der Waals surface area contributed by atoms with E-state index in [-0.39, 0.29) is 0 Å². The molecule has 1 unspecified atom stereocenters. The second kappa shape index (κ2) is 8.86. The van der Waals surface area contributed by atoms with Crippen LogP contribution in [0.25, 0.3) is 11.0 Å². The van der Waals surface area contributed by atoms with Crippen molar-refractivity contribution in [2.45, 2.75) is 32.2 Å². The summed E-state index contributed by atoms with van der Waals surface area (Å²) < 4.78 is 14.2. The third kappa shape index (κ3) is 3.88. The van der Waals surface area contributed by atoms with E-state index in [2.05, 4.69) is 69.0 Å². The second-order valence-corrected chi connectivity index (χ2v) is 8.78. The number of nitrogens with one attached hydrogen (secondary N) is 1. The summed E-state index contributed by atoms with van der Waals surface area (Å²) in [5.74, 6) is 1.58. The Kier molecular flexibility index (Phi) is 6.20. The smallest absolute Gasteiger partial charge is 0.208 e. The molecular weight excluding hydrogens is 444 g/mol. The van der Waals surface area contributed by atoms with Gasteiger partial charge in [0.2, 0.25) is 5.95 Å². The molecule has 30 heavy (non-hydrogen) atoms. The lowest BCUT2D eigenvalue weighted by molar-refractivity contribution is 0.166. The van der Waals surface area contributed by atoms with Gasteiger partial charge in [-0.05, 0) is 56.0 Å². The SMILES string of the molecule is COCC1CCCCN1c1cccc2nc(Nc3c(C)cc(Br)cc3OC)n(C)c12. The highest BCUT2D eigenvalue weighted by Gasteiger charge is 2.26. The molecule has 0 spiro atoms. The Morgan fingerprint density at radius 2 is 2.07 bits per heavy atom. The Labute approximate surface area is 186 Å². The quantitative estimate of drug-likeness (QED) is 0.520. The zero-order chi connectivity index (χ0) is 21.3. The van der Waals surface area contributed by atoms with Gasteiger partial charge in [-0.3, -0.25) is 0 Å². The number of hydrogen-bond acceptors (Lipinski definition) is 5. The average Bonchev–Trinajstić information content (AvgIpc) is 3.06. The highest BCUT2D eigenvalue weighted by molar-refractivity contribution is 9.10. The number of nitrogens with zero attached hydrogens (tertiary/aromatic N) is 3. The van der Waals surface area contributed by atoms with Crippen LogP contribution in [0.2, 0.25) is 0 Å². The maximum Gasteiger partial charge on any atom is 0.208 e. The van der Waals surface area contributed by atoms with Crippen LogP contribution < -0.4 is 15.0 Å². The minimum atomic E-state index is 0.398. The lowest BCUT2D eigenvalue weighted by Gasteiger charge is -2.37. The van der Waals surface area contributed by atoms with E-state index in [9.17, 15) is 0 Å². The van der Waals surface area contributed by atoms with E-state index in [0.717, 1.165) is 58.0 Å². The number of fused-ring (bicyclic) bond motifs is 1. The lowest BCUT2D eigenvalue weighted by Crippen LogP contribution is -2.42. The number of benzene rings is 2. The Bertz CT molecular complexity index is 1050. The van der Waals surface area contributed by atoms with Crippen LogP contribution in [-0.2, 0) is 11.8 Å². The van der Waals surface area contributed by atoms with Gasteiger partial charge in [-0.2, -0.15) is 0 Å². The molecule has 6 nitrogen and oxygen atoms in total. The first kappa shape index (κ1) is 21.0. The summed E-state index contributed by atoms with van der Waals surface area (Å²) in [7, 11) is 5.54. The van der Waals surface area contributed by atoms with Crippen molar-refractivity contribution in [3.05, 3.63) is 40.4 Å². The van der Waals surface area contributed by atoms with Gasteiger partial charge in [0.25, 0.3) is 0 Å². The van der Waals surface area contributed by atoms with Crippen LogP contribution in [0.5, 0.6) is 5.75 Å². The van der Waals surface area contributed by atoms with Gasteiger partial charge in [-0.1, -0.05) is 22.0 Å². The van der Waals surface area contributed by atoms with E-state index < -0.39 is 0 Å². The fourth-order valence-corrected chi connectivity index (χ4v) is 4.97. The van der Waals surface area contributed by atoms with Gasteiger partial charge in [0, 0.05) is 25.2 Å². The van der Waals surface area contributed by atoms with E-state index in [1.54, 1.807) is 14.2 Å². The van der Waals surface area contributed by atoms with E-state index >= 15 is 0 Å². The number of ether oxygens (including phenoxy) is 2. The van der Waals surface area contributed by atoms with Gasteiger partial charge >= 0.3 is 0 Å². The third-order valence-corrected chi connectivity index (χ3v) is 6.35. The molecule has 4 rings (SSSR count). The average molecular weight is 473 g/mol. The Hall–Kier alpha value is -2.25. The summed E-state index contributed by atoms with van der Waals surface area (Å²) in [6.07, 6.45) is 3.61. The van der Waals surface area contributed by atoms with Crippen LogP contribution in [0.15, 0.2) is 34.8 Å². The van der Waals surface area contributed by atoms with Crippen molar-refractivity contribution < 1.29 is 9.47 Å². The first-order chi connectivity index (χ1) is 14.5. The molecule has 0 saturated carbocycles. The molecule has 1 N–H and O–H groups in total. The number of anilines is 3. The number of hydrogen-bond donors (Lipinski definition) is 1. The highest BCUT2D eigenvalue weighted by Crippen LogP contribution is 2.37. The predicted molar refractivity (Wildman–Crippen MR) is 126 cm³/mol. The molecular formula is C23H29BrN4O2. The maximum absolute atomic E-state index is 5.60. The van der Waals surface area contributed by atoms with Crippen LogP contribution in [0, 0.1) is 6.92 Å². The standard InChI is InChI=1S/C23H29BrN4O2/c1-15-12-16(24)13-20(30-4)21(15)26-23-25-18-9-7-10-19(22(18)27(23)2)28-11-6-5-8-17(28)14-29-3/h7,9-10,12-13,17H,5-6,8,11,14H2,1-4H3,(H,25,26). The van der Waals surface area contributed by atoms with Crippen molar-refractivity contribution in [2.75, 3.05) is 37.6 Å². The topological polar surface area (TPSA) is 51.6 Å². The van der Waals surface area contributed by atoms with Crippen molar-refractivity contribution in [1.82, 2.24) is 9.55 Å². The molecule has 1 atom stereocenters. The molecule has 1 saturated heterocycles. The van der Waals surface area contributed by atoms with Crippen LogP contribution in [0.4, 0.5) is 17.3 Å². The number of methoxy groups -OCH3 is 2. The molecule has 0 amide bonds. The number of rotatable bonds is 6. The minimum absolute atomic E-state index is 0.398. The highest BCUT2D eigenvalue weighted by atomic mass is 79.9. The second-order valence-electron chi connectivity index (χ2n) is 7.86. The minimum Gasteiger partial charge on any atom is -0.495 e. The number of imidazole rings is 1. The predicted octanol–water partition coefficient (Wildman–Crippen LogP) is 5.40. The van der Waals surface area contributed by atoms with Crippen molar-refractivity contribution in [2.24, 2.45) is 7.05 Å². The summed E-state index contributed by atoms with van der Waals surface area (Å²) >= 11 is 3.54. The van der Waals surface area contributed by atoms with Crippen molar-refractivity contribution in [1.29, 1.82) is 0 Å². The van der Waals surface area contributed by atoms with Gasteiger partial charge in [0.15, 0.2) is 0 Å². The van der Waals surface area contributed by atoms with Gasteiger partial charge in [0.05, 0.1) is 42.2 Å². The van der Waals surface area contributed by atoms with Crippen LogP contribution >= 0.6 is 15.9 Å². The maximum atomic E-state index is 5.60. The van der Waals surface area contributed by atoms with Crippen LogP contribution in [-0.4, -0.2) is 43.0 Å². The van der Waals surface area contributed by atoms with E-state index in [4.69, 9.17) is 14.5 Å². The fourth-order valence-electron chi connectivity index (χ4n) is 4.42. The van der Waals surface area contributed by atoms with Gasteiger partial charge < -0.3 is 24.3 Å². The first-order valence-corrected chi connectivity index (χ1v) is 11.1.